The third-order valence-corrected chi connectivity index (χ3v) is 4.09. The topological polar surface area (TPSA) is 32.5 Å². The van der Waals surface area contributed by atoms with E-state index in [1.807, 2.05) is 0 Å². The second-order valence-electron chi connectivity index (χ2n) is 6.47. The molecule has 18 heavy (non-hydrogen) atoms. The second-order valence-corrected chi connectivity index (χ2v) is 6.47. The molecule has 1 aliphatic rings. The monoisotopic (exact) mass is 255 g/mol. The maximum absolute atomic E-state index is 5.80. The summed E-state index contributed by atoms with van der Waals surface area (Å²) in [4.78, 5) is 5.14. The number of likely N-dealkylation sites (N-methyl/N-ethyl adjacent to an activating group) is 1. The third-order valence-electron chi connectivity index (χ3n) is 4.09. The molecule has 3 unspecified atom stereocenters. The van der Waals surface area contributed by atoms with Crippen LogP contribution in [0.5, 0.6) is 0 Å². The lowest BCUT2D eigenvalue weighted by atomic mass is 10.0. The van der Waals surface area contributed by atoms with Crippen LogP contribution in [0, 0.1) is 5.92 Å². The molecule has 0 aromatic rings. The Labute approximate surface area is 114 Å². The molecule has 3 atom stereocenters. The fourth-order valence-electron chi connectivity index (χ4n) is 2.97. The molecule has 1 aliphatic heterocycles. The van der Waals surface area contributed by atoms with Gasteiger partial charge in [0.1, 0.15) is 0 Å². The van der Waals surface area contributed by atoms with E-state index in [-0.39, 0.29) is 0 Å². The van der Waals surface area contributed by atoms with Crippen molar-refractivity contribution in [1.82, 2.24) is 9.80 Å². The van der Waals surface area contributed by atoms with Crippen molar-refractivity contribution in [3.8, 4) is 0 Å². The zero-order valence-electron chi connectivity index (χ0n) is 12.9. The minimum Gasteiger partial charge on any atom is -0.328 e. The highest BCUT2D eigenvalue weighted by Crippen LogP contribution is 2.15. The van der Waals surface area contributed by atoms with Crippen LogP contribution in [0.25, 0.3) is 0 Å². The van der Waals surface area contributed by atoms with Crippen LogP contribution in [0.15, 0.2) is 0 Å². The minimum atomic E-state index is 0.364. The van der Waals surface area contributed by atoms with E-state index >= 15 is 0 Å². The van der Waals surface area contributed by atoms with Crippen molar-refractivity contribution in [3.05, 3.63) is 0 Å². The van der Waals surface area contributed by atoms with Gasteiger partial charge in [-0.15, -0.1) is 0 Å². The molecule has 0 aliphatic carbocycles. The van der Waals surface area contributed by atoms with E-state index in [1.165, 1.54) is 51.9 Å². The maximum Gasteiger partial charge on any atom is 0.0194 e. The first kappa shape index (κ1) is 15.9. The number of hydrogen-bond acceptors (Lipinski definition) is 3. The van der Waals surface area contributed by atoms with Crippen LogP contribution >= 0.6 is 0 Å². The number of nitrogens with two attached hydrogens (primary N) is 1. The molecule has 1 rings (SSSR count). The molecule has 0 radical (unpaired) electrons. The second kappa shape index (κ2) is 8.13. The molecule has 0 spiro atoms. The molecule has 3 nitrogen and oxygen atoms in total. The number of hydrogen-bond donors (Lipinski definition) is 1. The Morgan fingerprint density at radius 3 is 2.61 bits per heavy atom. The highest BCUT2D eigenvalue weighted by Gasteiger charge is 2.20. The van der Waals surface area contributed by atoms with Gasteiger partial charge in [0.05, 0.1) is 0 Å². The Bertz CT molecular complexity index is 218. The summed E-state index contributed by atoms with van der Waals surface area (Å²) in [6.07, 6.45) is 5.08. The third kappa shape index (κ3) is 6.17. The molecule has 0 aromatic carbocycles. The van der Waals surface area contributed by atoms with Gasteiger partial charge in [0.2, 0.25) is 0 Å². The van der Waals surface area contributed by atoms with Gasteiger partial charge in [-0.1, -0.05) is 13.3 Å². The van der Waals surface area contributed by atoms with Crippen molar-refractivity contribution >= 4 is 0 Å². The Hall–Kier alpha value is -0.120. The fraction of sp³-hybridized carbons (Fsp3) is 1.00. The Morgan fingerprint density at radius 2 is 1.94 bits per heavy atom. The van der Waals surface area contributed by atoms with Gasteiger partial charge >= 0.3 is 0 Å². The van der Waals surface area contributed by atoms with Crippen LogP contribution in [0.1, 0.15) is 46.5 Å². The zero-order valence-corrected chi connectivity index (χ0v) is 12.9. The van der Waals surface area contributed by atoms with Crippen LogP contribution in [-0.4, -0.2) is 55.1 Å². The molecule has 108 valence electrons. The molecule has 0 bridgehead atoms. The van der Waals surface area contributed by atoms with Crippen molar-refractivity contribution in [3.63, 3.8) is 0 Å². The summed E-state index contributed by atoms with van der Waals surface area (Å²) in [7, 11) is 2.24. The van der Waals surface area contributed by atoms with Crippen molar-refractivity contribution in [2.24, 2.45) is 11.7 Å². The summed E-state index contributed by atoms with van der Waals surface area (Å²) in [5.74, 6) is 0.801. The number of rotatable bonds is 6. The average molecular weight is 255 g/mol. The van der Waals surface area contributed by atoms with Crippen LogP contribution in [-0.2, 0) is 0 Å². The highest BCUT2D eigenvalue weighted by atomic mass is 15.2. The van der Waals surface area contributed by atoms with Crippen LogP contribution in [0.4, 0.5) is 0 Å². The van der Waals surface area contributed by atoms with Gasteiger partial charge in [-0.05, 0) is 59.2 Å². The van der Waals surface area contributed by atoms with Gasteiger partial charge in [-0.25, -0.2) is 0 Å². The lowest BCUT2D eigenvalue weighted by Crippen LogP contribution is -2.40. The van der Waals surface area contributed by atoms with Gasteiger partial charge in [0.25, 0.3) is 0 Å². The van der Waals surface area contributed by atoms with Crippen molar-refractivity contribution in [1.29, 1.82) is 0 Å². The van der Waals surface area contributed by atoms with Crippen molar-refractivity contribution in [2.75, 3.05) is 33.2 Å². The molecule has 1 fully saturated rings. The van der Waals surface area contributed by atoms with Gasteiger partial charge in [-0.2, -0.15) is 0 Å². The van der Waals surface area contributed by atoms with Gasteiger partial charge < -0.3 is 10.6 Å². The largest absolute Gasteiger partial charge is 0.328 e. The van der Waals surface area contributed by atoms with E-state index in [1.54, 1.807) is 0 Å². The highest BCUT2D eigenvalue weighted by molar-refractivity contribution is 4.76. The SMILES string of the molecule is CC(N)CCCC(C)CN1CCCN(C)CC1C. The molecular weight excluding hydrogens is 222 g/mol. The van der Waals surface area contributed by atoms with Crippen LogP contribution in [0.3, 0.4) is 0 Å². The fourth-order valence-corrected chi connectivity index (χ4v) is 2.97. The predicted molar refractivity (Wildman–Crippen MR) is 79.8 cm³/mol. The minimum absolute atomic E-state index is 0.364. The Kier molecular flexibility index (Phi) is 7.20. The van der Waals surface area contributed by atoms with E-state index in [0.717, 1.165) is 5.92 Å². The van der Waals surface area contributed by atoms with E-state index in [4.69, 9.17) is 5.73 Å². The van der Waals surface area contributed by atoms with Crippen molar-refractivity contribution < 1.29 is 0 Å². The predicted octanol–water partition coefficient (Wildman–Crippen LogP) is 2.17. The van der Waals surface area contributed by atoms with Gasteiger partial charge in [0.15, 0.2) is 0 Å². The van der Waals surface area contributed by atoms with E-state index < -0.39 is 0 Å². The summed E-state index contributed by atoms with van der Waals surface area (Å²) in [6, 6.07) is 1.07. The summed E-state index contributed by atoms with van der Waals surface area (Å²) >= 11 is 0. The Morgan fingerprint density at radius 1 is 1.22 bits per heavy atom. The summed E-state index contributed by atoms with van der Waals surface area (Å²) < 4.78 is 0. The molecule has 2 N–H and O–H groups in total. The van der Waals surface area contributed by atoms with Gasteiger partial charge in [-0.3, -0.25) is 4.90 Å². The van der Waals surface area contributed by atoms with E-state index in [2.05, 4.69) is 37.6 Å². The molecule has 3 heteroatoms. The number of nitrogens with zero attached hydrogens (tertiary/aromatic N) is 2. The Balaban J connectivity index is 2.26. The molecule has 0 saturated carbocycles. The summed E-state index contributed by atoms with van der Waals surface area (Å²) in [5, 5.41) is 0. The first-order valence-electron chi connectivity index (χ1n) is 7.67. The molecule has 0 aromatic heterocycles. The molecule has 1 heterocycles. The maximum atomic E-state index is 5.80. The summed E-state index contributed by atoms with van der Waals surface area (Å²) in [6.45, 7) is 11.9. The lowest BCUT2D eigenvalue weighted by Gasteiger charge is -2.30. The normalized spacial score (nSPS) is 26.8. The smallest absolute Gasteiger partial charge is 0.0194 e. The molecular formula is C15H33N3. The lowest BCUT2D eigenvalue weighted by molar-refractivity contribution is 0.174. The van der Waals surface area contributed by atoms with Crippen LogP contribution in [0.2, 0.25) is 0 Å². The van der Waals surface area contributed by atoms with E-state index in [0.29, 0.717) is 12.1 Å². The quantitative estimate of drug-likeness (QED) is 0.789. The van der Waals surface area contributed by atoms with Gasteiger partial charge in [0, 0.05) is 25.2 Å². The first-order valence-corrected chi connectivity index (χ1v) is 7.67. The molecule has 0 amide bonds. The first-order chi connectivity index (χ1) is 8.49. The van der Waals surface area contributed by atoms with E-state index in [9.17, 15) is 0 Å². The summed E-state index contributed by atoms with van der Waals surface area (Å²) in [5.41, 5.74) is 5.80. The molecule has 1 saturated heterocycles. The average Bonchev–Trinajstić information content (AvgIpc) is 2.40. The standard InChI is InChI=1S/C15H33N3/c1-13(7-5-8-14(2)16)11-18-10-6-9-17(4)12-15(18)3/h13-15H,5-12,16H2,1-4H3. The van der Waals surface area contributed by atoms with Crippen LogP contribution < -0.4 is 5.73 Å². The zero-order chi connectivity index (χ0) is 13.5. The van der Waals surface area contributed by atoms with Crippen molar-refractivity contribution in [2.45, 2.75) is 58.5 Å².